The molecule has 0 aromatic heterocycles. The molecule has 20 heavy (non-hydrogen) atoms. The van der Waals surface area contributed by atoms with Crippen molar-refractivity contribution in [2.75, 3.05) is 6.54 Å². The fourth-order valence-electron chi connectivity index (χ4n) is 2.92. The molecular weight excluding hydrogens is 314 g/mol. The molecule has 0 spiro atoms. The summed E-state index contributed by atoms with van der Waals surface area (Å²) in [5.74, 6) is 1.84. The van der Waals surface area contributed by atoms with Gasteiger partial charge in [0.1, 0.15) is 5.75 Å². The molecule has 112 valence electrons. The summed E-state index contributed by atoms with van der Waals surface area (Å²) in [6.07, 6.45) is 6.76. The molecule has 1 aliphatic carbocycles. The lowest BCUT2D eigenvalue weighted by atomic mass is 9.85. The van der Waals surface area contributed by atoms with E-state index in [1.165, 1.54) is 37.7 Å². The van der Waals surface area contributed by atoms with Crippen molar-refractivity contribution in [2.45, 2.75) is 58.6 Å². The van der Waals surface area contributed by atoms with E-state index in [1.54, 1.807) is 0 Å². The topological polar surface area (TPSA) is 21.3 Å². The van der Waals surface area contributed by atoms with Gasteiger partial charge in [-0.25, -0.2) is 0 Å². The van der Waals surface area contributed by atoms with Gasteiger partial charge in [0.25, 0.3) is 0 Å². The minimum atomic E-state index is 0.393. The van der Waals surface area contributed by atoms with Crippen LogP contribution in [0, 0.1) is 5.92 Å². The predicted octanol–water partition coefficient (Wildman–Crippen LogP) is 4.91. The van der Waals surface area contributed by atoms with Gasteiger partial charge in [-0.1, -0.05) is 32.8 Å². The zero-order chi connectivity index (χ0) is 14.4. The summed E-state index contributed by atoms with van der Waals surface area (Å²) in [7, 11) is 0. The van der Waals surface area contributed by atoms with Gasteiger partial charge in [0.05, 0.1) is 10.6 Å². The van der Waals surface area contributed by atoms with Crippen LogP contribution in [0.1, 0.15) is 51.5 Å². The van der Waals surface area contributed by atoms with Gasteiger partial charge in [0, 0.05) is 6.54 Å². The molecule has 0 saturated heterocycles. The number of benzene rings is 1. The van der Waals surface area contributed by atoms with Crippen molar-refractivity contribution >= 4 is 15.9 Å². The zero-order valence-electron chi connectivity index (χ0n) is 12.6. The van der Waals surface area contributed by atoms with Gasteiger partial charge in [-0.15, -0.1) is 0 Å². The summed E-state index contributed by atoms with van der Waals surface area (Å²) >= 11 is 3.65. The summed E-state index contributed by atoms with van der Waals surface area (Å²) in [4.78, 5) is 0. The molecule has 3 heteroatoms. The molecular formula is C17H26BrNO. The molecule has 1 aromatic rings. The Hall–Kier alpha value is -0.540. The van der Waals surface area contributed by atoms with Crippen molar-refractivity contribution in [2.24, 2.45) is 5.92 Å². The molecule has 2 rings (SSSR count). The second kappa shape index (κ2) is 8.04. The minimum absolute atomic E-state index is 0.393. The van der Waals surface area contributed by atoms with E-state index in [0.717, 1.165) is 29.2 Å². The van der Waals surface area contributed by atoms with E-state index in [9.17, 15) is 0 Å². The highest BCUT2D eigenvalue weighted by molar-refractivity contribution is 9.10. The number of ether oxygens (including phenoxy) is 1. The van der Waals surface area contributed by atoms with E-state index >= 15 is 0 Å². The van der Waals surface area contributed by atoms with Crippen LogP contribution >= 0.6 is 15.9 Å². The predicted molar refractivity (Wildman–Crippen MR) is 88.2 cm³/mol. The number of rotatable bonds is 6. The summed E-state index contributed by atoms with van der Waals surface area (Å²) in [5.41, 5.74) is 1.29. The van der Waals surface area contributed by atoms with Crippen LogP contribution in [-0.2, 0) is 6.54 Å². The Kier molecular flexibility index (Phi) is 6.37. The van der Waals surface area contributed by atoms with Crippen LogP contribution in [0.15, 0.2) is 22.7 Å². The van der Waals surface area contributed by atoms with Crippen LogP contribution < -0.4 is 10.1 Å². The van der Waals surface area contributed by atoms with Crippen LogP contribution in [0.25, 0.3) is 0 Å². The van der Waals surface area contributed by atoms with E-state index in [4.69, 9.17) is 4.74 Å². The van der Waals surface area contributed by atoms with Crippen LogP contribution in [0.3, 0.4) is 0 Å². The Bertz CT molecular complexity index is 421. The van der Waals surface area contributed by atoms with Crippen molar-refractivity contribution in [1.82, 2.24) is 5.32 Å². The summed E-state index contributed by atoms with van der Waals surface area (Å²) < 4.78 is 7.29. The van der Waals surface area contributed by atoms with Gasteiger partial charge in [-0.05, 0) is 65.4 Å². The second-order valence-corrected chi connectivity index (χ2v) is 6.58. The Balaban J connectivity index is 1.95. The van der Waals surface area contributed by atoms with Gasteiger partial charge in [-0.2, -0.15) is 0 Å². The van der Waals surface area contributed by atoms with Crippen molar-refractivity contribution in [3.05, 3.63) is 28.2 Å². The Morgan fingerprint density at radius 1 is 1.30 bits per heavy atom. The standard InChI is InChI=1S/C17H26BrNO/c1-3-13-6-5-7-15(10-13)20-17-9-8-14(11-16(17)18)12-19-4-2/h8-9,11,13,15,19H,3-7,10,12H2,1-2H3. The second-order valence-electron chi connectivity index (χ2n) is 5.73. The molecule has 1 N–H and O–H groups in total. The average Bonchev–Trinajstić information content (AvgIpc) is 2.48. The summed E-state index contributed by atoms with van der Waals surface area (Å²) in [6.45, 7) is 6.32. The monoisotopic (exact) mass is 339 g/mol. The molecule has 0 radical (unpaired) electrons. The highest BCUT2D eigenvalue weighted by atomic mass is 79.9. The molecule has 1 aliphatic rings. The fourth-order valence-corrected chi connectivity index (χ4v) is 3.44. The van der Waals surface area contributed by atoms with Gasteiger partial charge in [0.2, 0.25) is 0 Å². The highest BCUT2D eigenvalue weighted by Gasteiger charge is 2.22. The Morgan fingerprint density at radius 2 is 2.15 bits per heavy atom. The lowest BCUT2D eigenvalue weighted by Crippen LogP contribution is -2.25. The lowest BCUT2D eigenvalue weighted by Gasteiger charge is -2.29. The van der Waals surface area contributed by atoms with Gasteiger partial charge >= 0.3 is 0 Å². The van der Waals surface area contributed by atoms with Gasteiger partial charge in [-0.3, -0.25) is 0 Å². The first-order valence-corrected chi connectivity index (χ1v) is 8.68. The quantitative estimate of drug-likeness (QED) is 0.795. The molecule has 2 unspecified atom stereocenters. The largest absolute Gasteiger partial charge is 0.489 e. The third-order valence-corrected chi connectivity index (χ3v) is 4.80. The van der Waals surface area contributed by atoms with E-state index < -0.39 is 0 Å². The lowest BCUT2D eigenvalue weighted by molar-refractivity contribution is 0.121. The number of hydrogen-bond donors (Lipinski definition) is 1. The maximum Gasteiger partial charge on any atom is 0.133 e. The molecule has 1 saturated carbocycles. The van der Waals surface area contributed by atoms with E-state index in [0.29, 0.717) is 6.10 Å². The van der Waals surface area contributed by atoms with Crippen LogP contribution in [0.5, 0.6) is 5.75 Å². The number of halogens is 1. The van der Waals surface area contributed by atoms with Crippen molar-refractivity contribution in [1.29, 1.82) is 0 Å². The molecule has 0 amide bonds. The first kappa shape index (κ1) is 15.8. The first-order chi connectivity index (χ1) is 9.72. The average molecular weight is 340 g/mol. The molecule has 0 bridgehead atoms. The van der Waals surface area contributed by atoms with E-state index in [1.807, 2.05) is 0 Å². The van der Waals surface area contributed by atoms with Crippen molar-refractivity contribution in [3.8, 4) is 5.75 Å². The number of hydrogen-bond acceptors (Lipinski definition) is 2. The zero-order valence-corrected chi connectivity index (χ0v) is 14.2. The third-order valence-electron chi connectivity index (χ3n) is 4.18. The van der Waals surface area contributed by atoms with Crippen molar-refractivity contribution < 1.29 is 4.74 Å². The van der Waals surface area contributed by atoms with E-state index in [2.05, 4.69) is 53.3 Å². The maximum atomic E-state index is 6.21. The fraction of sp³-hybridized carbons (Fsp3) is 0.647. The maximum absolute atomic E-state index is 6.21. The SMILES string of the molecule is CCNCc1ccc(OC2CCCC(CC)C2)c(Br)c1. The molecule has 1 fully saturated rings. The molecule has 1 aromatic carbocycles. The molecule has 2 nitrogen and oxygen atoms in total. The van der Waals surface area contributed by atoms with Crippen molar-refractivity contribution in [3.63, 3.8) is 0 Å². The van der Waals surface area contributed by atoms with Crippen LogP contribution in [0.4, 0.5) is 0 Å². The smallest absolute Gasteiger partial charge is 0.133 e. The molecule has 0 heterocycles. The van der Waals surface area contributed by atoms with Crippen LogP contribution in [0.2, 0.25) is 0 Å². The first-order valence-electron chi connectivity index (χ1n) is 7.88. The highest BCUT2D eigenvalue weighted by Crippen LogP contribution is 2.33. The van der Waals surface area contributed by atoms with E-state index in [-0.39, 0.29) is 0 Å². The third kappa shape index (κ3) is 4.49. The summed E-state index contributed by atoms with van der Waals surface area (Å²) in [6, 6.07) is 6.42. The molecule has 0 aliphatic heterocycles. The Labute approximate surface area is 131 Å². The van der Waals surface area contributed by atoms with Crippen LogP contribution in [-0.4, -0.2) is 12.6 Å². The number of nitrogens with one attached hydrogen (secondary N) is 1. The Morgan fingerprint density at radius 3 is 2.85 bits per heavy atom. The van der Waals surface area contributed by atoms with Gasteiger partial charge in [0.15, 0.2) is 0 Å². The normalized spacial score (nSPS) is 22.8. The van der Waals surface area contributed by atoms with Gasteiger partial charge < -0.3 is 10.1 Å². The molecule has 2 atom stereocenters. The minimum Gasteiger partial charge on any atom is -0.489 e. The summed E-state index contributed by atoms with van der Waals surface area (Å²) in [5, 5.41) is 3.34.